The summed E-state index contributed by atoms with van der Waals surface area (Å²) >= 11 is 0. The number of ether oxygens (including phenoxy) is 1. The van der Waals surface area contributed by atoms with Crippen LogP contribution in [0.15, 0.2) is 0 Å². The number of hydrogen-bond donors (Lipinski definition) is 0. The Morgan fingerprint density at radius 1 is 1.32 bits per heavy atom. The molecule has 0 aliphatic rings. The molecule has 0 aliphatic heterocycles. The third-order valence-electron chi connectivity index (χ3n) is 3.29. The summed E-state index contributed by atoms with van der Waals surface area (Å²) in [5, 5.41) is -0.437. The molecule has 0 bridgehead atoms. The van der Waals surface area contributed by atoms with Crippen molar-refractivity contribution in [3.63, 3.8) is 0 Å². The first-order valence-corrected chi connectivity index (χ1v) is 9.08. The number of halogens is 3. The molecule has 0 aliphatic carbocycles. The molecule has 2 unspecified atom stereocenters. The van der Waals surface area contributed by atoms with Crippen LogP contribution in [0.3, 0.4) is 0 Å². The van der Waals surface area contributed by atoms with Crippen LogP contribution in [0.2, 0.25) is 18.1 Å². The Morgan fingerprint density at radius 2 is 1.79 bits per heavy atom. The highest BCUT2D eigenvalue weighted by Crippen LogP contribution is 2.41. The zero-order valence-corrected chi connectivity index (χ0v) is 13.4. The van der Waals surface area contributed by atoms with E-state index in [-0.39, 0.29) is 6.61 Å². The van der Waals surface area contributed by atoms with Crippen molar-refractivity contribution in [1.29, 1.82) is 0 Å². The number of rotatable bonds is 6. The summed E-state index contributed by atoms with van der Waals surface area (Å²) in [5.41, 5.74) is 0. The molecule has 0 amide bonds. The van der Waals surface area contributed by atoms with Crippen LogP contribution in [0.1, 0.15) is 27.7 Å². The van der Waals surface area contributed by atoms with Gasteiger partial charge in [-0.25, -0.2) is 18.0 Å². The van der Waals surface area contributed by atoms with Gasteiger partial charge in [-0.05, 0) is 25.1 Å². The summed E-state index contributed by atoms with van der Waals surface area (Å²) in [5.74, 6) is -4.73. The zero-order valence-electron chi connectivity index (χ0n) is 12.4. The van der Waals surface area contributed by atoms with E-state index in [2.05, 4.69) is 4.74 Å². The van der Waals surface area contributed by atoms with Crippen LogP contribution >= 0.6 is 0 Å². The van der Waals surface area contributed by atoms with Gasteiger partial charge in [0, 0.05) is 0 Å². The average Bonchev–Trinajstić information content (AvgIpc) is 2.26. The van der Waals surface area contributed by atoms with E-state index in [1.54, 1.807) is 33.9 Å². The van der Waals surface area contributed by atoms with E-state index < -0.39 is 38.0 Å². The molecule has 0 fully saturated rings. The first-order valence-electron chi connectivity index (χ1n) is 6.17. The van der Waals surface area contributed by atoms with Gasteiger partial charge < -0.3 is 9.16 Å². The van der Waals surface area contributed by atoms with Crippen LogP contribution in [0.4, 0.5) is 13.2 Å². The van der Waals surface area contributed by atoms with Gasteiger partial charge in [0.15, 0.2) is 15.0 Å². The summed E-state index contributed by atoms with van der Waals surface area (Å²) < 4.78 is 50.4. The van der Waals surface area contributed by atoms with Crippen LogP contribution < -0.4 is 0 Å². The molecule has 19 heavy (non-hydrogen) atoms. The zero-order chi connectivity index (χ0) is 15.5. The van der Waals surface area contributed by atoms with Gasteiger partial charge in [-0.2, -0.15) is 0 Å². The molecular weight excluding hydrogens is 277 g/mol. The summed E-state index contributed by atoms with van der Waals surface area (Å²) in [6, 6.07) is 0. The second kappa shape index (κ2) is 6.26. The molecule has 3 nitrogen and oxygen atoms in total. The molecule has 0 aromatic heterocycles. The van der Waals surface area contributed by atoms with Gasteiger partial charge >= 0.3 is 5.97 Å². The van der Waals surface area contributed by atoms with Crippen molar-refractivity contribution >= 4 is 14.3 Å². The Kier molecular flexibility index (Phi) is 6.07. The Morgan fingerprint density at radius 3 is 2.11 bits per heavy atom. The number of carbonyl (C=O) groups is 1. The van der Waals surface area contributed by atoms with E-state index in [0.29, 0.717) is 0 Å². The van der Waals surface area contributed by atoms with Crippen molar-refractivity contribution in [2.45, 2.75) is 57.9 Å². The van der Waals surface area contributed by atoms with Gasteiger partial charge in [-0.1, -0.05) is 20.8 Å². The molecule has 7 heteroatoms. The van der Waals surface area contributed by atoms with Crippen molar-refractivity contribution in [2.75, 3.05) is 13.3 Å². The summed E-state index contributed by atoms with van der Waals surface area (Å²) in [6.45, 7) is 8.31. The summed E-state index contributed by atoms with van der Waals surface area (Å²) in [6.07, 6.45) is -2.79. The maximum atomic E-state index is 14.3. The minimum absolute atomic E-state index is 0.109. The highest BCUT2D eigenvalue weighted by molar-refractivity contribution is 6.74. The second-order valence-corrected chi connectivity index (χ2v) is 10.6. The number of hydrogen-bond acceptors (Lipinski definition) is 3. The van der Waals surface area contributed by atoms with Crippen LogP contribution in [0.25, 0.3) is 0 Å². The molecule has 0 radical (unpaired) electrons. The lowest BCUT2D eigenvalue weighted by atomic mass is 10.2. The van der Waals surface area contributed by atoms with E-state index in [1.165, 1.54) is 6.92 Å². The molecule has 0 saturated carbocycles. The molecule has 0 spiro atoms. The lowest BCUT2D eigenvalue weighted by Crippen LogP contribution is -2.55. The van der Waals surface area contributed by atoms with E-state index in [0.717, 1.165) is 0 Å². The topological polar surface area (TPSA) is 35.5 Å². The quantitative estimate of drug-likeness (QED) is 0.556. The summed E-state index contributed by atoms with van der Waals surface area (Å²) in [4.78, 5) is 11.2. The van der Waals surface area contributed by atoms with Crippen molar-refractivity contribution in [1.82, 2.24) is 0 Å². The van der Waals surface area contributed by atoms with Crippen molar-refractivity contribution in [2.24, 2.45) is 0 Å². The fourth-order valence-corrected chi connectivity index (χ4v) is 2.43. The van der Waals surface area contributed by atoms with E-state index in [4.69, 9.17) is 4.43 Å². The second-order valence-electron chi connectivity index (χ2n) is 5.90. The third kappa shape index (κ3) is 4.49. The molecule has 0 saturated heterocycles. The standard InChI is InChI=1S/C12H23F3O3Si/c1-7-17-10(16)9(14)12(15,8-13)18-19(5,6)11(2,3)4/h9H,7-8H2,1-6H3. The van der Waals surface area contributed by atoms with E-state index in [1.807, 2.05) is 0 Å². The molecule has 114 valence electrons. The summed E-state index contributed by atoms with van der Waals surface area (Å²) in [7, 11) is -2.76. The fourth-order valence-electron chi connectivity index (χ4n) is 1.12. The normalized spacial score (nSPS) is 17.7. The van der Waals surface area contributed by atoms with Crippen molar-refractivity contribution in [3.8, 4) is 0 Å². The molecule has 0 rings (SSSR count). The van der Waals surface area contributed by atoms with Gasteiger partial charge in [0.05, 0.1) is 6.61 Å². The molecular formula is C12H23F3O3Si. The predicted octanol–water partition coefficient (Wildman–Crippen LogP) is 3.54. The van der Waals surface area contributed by atoms with Crippen LogP contribution in [-0.2, 0) is 14.0 Å². The Bertz CT molecular complexity index is 318. The Balaban J connectivity index is 5.13. The van der Waals surface area contributed by atoms with Gasteiger partial charge in [0.2, 0.25) is 0 Å². The lowest BCUT2D eigenvalue weighted by Gasteiger charge is -2.41. The Hall–Kier alpha value is -0.563. The van der Waals surface area contributed by atoms with E-state index in [9.17, 15) is 18.0 Å². The smallest absolute Gasteiger partial charge is 0.346 e. The highest BCUT2D eigenvalue weighted by Gasteiger charge is 2.53. The minimum atomic E-state index is -3.28. The minimum Gasteiger partial charge on any atom is -0.464 e. The molecule has 0 aromatic rings. The molecule has 2 atom stereocenters. The SMILES string of the molecule is CCOC(=O)C(F)C(F)(CF)O[Si](C)(C)C(C)(C)C. The molecule has 0 heterocycles. The van der Waals surface area contributed by atoms with Crippen molar-refractivity contribution < 1.29 is 27.1 Å². The van der Waals surface area contributed by atoms with Gasteiger partial charge in [0.25, 0.3) is 12.0 Å². The van der Waals surface area contributed by atoms with Crippen LogP contribution in [0, 0.1) is 0 Å². The maximum absolute atomic E-state index is 14.3. The first-order chi connectivity index (χ1) is 8.41. The average molecular weight is 300 g/mol. The van der Waals surface area contributed by atoms with Crippen molar-refractivity contribution in [3.05, 3.63) is 0 Å². The number of alkyl halides is 3. The molecule has 0 N–H and O–H groups in total. The van der Waals surface area contributed by atoms with Gasteiger partial charge in [0.1, 0.15) is 0 Å². The third-order valence-corrected chi connectivity index (χ3v) is 7.75. The number of carbonyl (C=O) groups excluding carboxylic acids is 1. The lowest BCUT2D eigenvalue weighted by molar-refractivity contribution is -0.181. The number of esters is 1. The van der Waals surface area contributed by atoms with Crippen LogP contribution in [0.5, 0.6) is 0 Å². The predicted molar refractivity (Wildman–Crippen MR) is 69.6 cm³/mol. The molecule has 0 aromatic carbocycles. The first kappa shape index (κ1) is 18.4. The maximum Gasteiger partial charge on any atom is 0.346 e. The van der Waals surface area contributed by atoms with Gasteiger partial charge in [-0.3, -0.25) is 0 Å². The van der Waals surface area contributed by atoms with Crippen LogP contribution in [-0.4, -0.2) is 39.6 Å². The highest BCUT2D eigenvalue weighted by atomic mass is 28.4. The monoisotopic (exact) mass is 300 g/mol. The fraction of sp³-hybridized carbons (Fsp3) is 0.917. The Labute approximate surface area is 113 Å². The van der Waals surface area contributed by atoms with E-state index >= 15 is 0 Å². The largest absolute Gasteiger partial charge is 0.464 e. The van der Waals surface area contributed by atoms with Gasteiger partial charge in [-0.15, -0.1) is 0 Å².